The lowest BCUT2D eigenvalue weighted by atomic mass is 10.0. The first-order valence-corrected chi connectivity index (χ1v) is 8.35. The number of aromatic nitrogens is 2. The number of fused-ring (bicyclic) bond motifs is 1. The topological polar surface area (TPSA) is 56.1 Å². The second kappa shape index (κ2) is 6.91. The van der Waals surface area contributed by atoms with E-state index in [0.29, 0.717) is 18.8 Å². The molecule has 0 bridgehead atoms. The van der Waals surface area contributed by atoms with Crippen molar-refractivity contribution in [2.45, 2.75) is 19.1 Å². The van der Waals surface area contributed by atoms with Gasteiger partial charge in [-0.25, -0.2) is 4.98 Å². The Hall–Kier alpha value is -2.92. The van der Waals surface area contributed by atoms with Crippen molar-refractivity contribution in [2.75, 3.05) is 6.61 Å². The minimum Gasteiger partial charge on any atom is -0.375 e. The summed E-state index contributed by atoms with van der Waals surface area (Å²) < 4.78 is 7.79. The van der Waals surface area contributed by atoms with Crippen molar-refractivity contribution in [3.8, 4) is 5.82 Å². The maximum atomic E-state index is 12.4. The molecule has 1 atom stereocenters. The van der Waals surface area contributed by atoms with E-state index in [0.717, 1.165) is 23.5 Å². The number of amides is 1. The van der Waals surface area contributed by atoms with E-state index in [4.69, 9.17) is 4.74 Å². The van der Waals surface area contributed by atoms with Crippen LogP contribution in [0.4, 0.5) is 0 Å². The Morgan fingerprint density at radius 2 is 1.96 bits per heavy atom. The number of hydrogen-bond donors (Lipinski definition) is 1. The van der Waals surface area contributed by atoms with Gasteiger partial charge in [0.05, 0.1) is 24.8 Å². The standard InChI is InChI=1S/C20H19N3O2/c24-20-17-9-11-23(19-8-4-5-10-21-19)18(17)12-16(22-20)14-25-13-15-6-2-1-3-7-15/h1-11,16H,12-14H2,(H,22,24). The molecule has 1 aliphatic heterocycles. The molecule has 4 rings (SSSR count). The third-order valence-corrected chi connectivity index (χ3v) is 4.34. The number of hydrogen-bond acceptors (Lipinski definition) is 3. The van der Waals surface area contributed by atoms with Crippen LogP contribution in [0.3, 0.4) is 0 Å². The van der Waals surface area contributed by atoms with Crippen LogP contribution in [0.1, 0.15) is 21.6 Å². The van der Waals surface area contributed by atoms with Crippen molar-refractivity contribution in [3.05, 3.63) is 83.8 Å². The van der Waals surface area contributed by atoms with Crippen LogP contribution in [-0.2, 0) is 17.8 Å². The highest BCUT2D eigenvalue weighted by Crippen LogP contribution is 2.21. The molecule has 0 saturated heterocycles. The monoisotopic (exact) mass is 333 g/mol. The molecular formula is C20H19N3O2. The first-order valence-electron chi connectivity index (χ1n) is 8.35. The van der Waals surface area contributed by atoms with E-state index in [1.165, 1.54) is 0 Å². The largest absolute Gasteiger partial charge is 0.375 e. The number of carbonyl (C=O) groups excluding carboxylic acids is 1. The lowest BCUT2D eigenvalue weighted by Gasteiger charge is -2.25. The Kier molecular flexibility index (Phi) is 4.31. The molecule has 0 saturated carbocycles. The molecule has 3 aromatic rings. The first kappa shape index (κ1) is 15.6. The molecule has 5 heteroatoms. The number of pyridine rings is 1. The Balaban J connectivity index is 1.47. The van der Waals surface area contributed by atoms with Gasteiger partial charge in [0, 0.05) is 24.5 Å². The second-order valence-electron chi connectivity index (χ2n) is 6.11. The number of nitrogens with zero attached hydrogens (tertiary/aromatic N) is 2. The van der Waals surface area contributed by atoms with Gasteiger partial charge >= 0.3 is 0 Å². The third kappa shape index (κ3) is 3.32. The summed E-state index contributed by atoms with van der Waals surface area (Å²) in [7, 11) is 0. The lowest BCUT2D eigenvalue weighted by Crippen LogP contribution is -2.44. The molecule has 1 aliphatic rings. The van der Waals surface area contributed by atoms with Crippen molar-refractivity contribution in [2.24, 2.45) is 0 Å². The molecule has 0 spiro atoms. The Morgan fingerprint density at radius 1 is 1.12 bits per heavy atom. The highest BCUT2D eigenvalue weighted by molar-refractivity contribution is 5.97. The van der Waals surface area contributed by atoms with Gasteiger partial charge in [-0.3, -0.25) is 4.79 Å². The zero-order chi connectivity index (χ0) is 17.1. The predicted octanol–water partition coefficient (Wildman–Crippen LogP) is 2.74. The summed E-state index contributed by atoms with van der Waals surface area (Å²) in [5.74, 6) is 0.770. The number of benzene rings is 1. The van der Waals surface area contributed by atoms with E-state index < -0.39 is 0 Å². The Labute approximate surface area is 146 Å². The molecule has 0 aliphatic carbocycles. The lowest BCUT2D eigenvalue weighted by molar-refractivity contribution is 0.0771. The van der Waals surface area contributed by atoms with E-state index in [-0.39, 0.29) is 11.9 Å². The zero-order valence-corrected chi connectivity index (χ0v) is 13.8. The fourth-order valence-corrected chi connectivity index (χ4v) is 3.13. The van der Waals surface area contributed by atoms with Crippen LogP contribution >= 0.6 is 0 Å². The fraction of sp³-hybridized carbons (Fsp3) is 0.200. The van der Waals surface area contributed by atoms with Crippen LogP contribution < -0.4 is 5.32 Å². The van der Waals surface area contributed by atoms with Crippen LogP contribution in [0.15, 0.2) is 67.0 Å². The van der Waals surface area contributed by atoms with Gasteiger partial charge in [0.2, 0.25) is 0 Å². The normalized spacial score (nSPS) is 16.3. The van der Waals surface area contributed by atoms with Crippen LogP contribution in [0.5, 0.6) is 0 Å². The SMILES string of the molecule is O=C1NC(COCc2ccccc2)Cc2c1ccn2-c1ccccn1. The van der Waals surface area contributed by atoms with E-state index in [9.17, 15) is 4.79 Å². The van der Waals surface area contributed by atoms with Crippen molar-refractivity contribution < 1.29 is 9.53 Å². The summed E-state index contributed by atoms with van der Waals surface area (Å²) >= 11 is 0. The van der Waals surface area contributed by atoms with Gasteiger partial charge in [0.25, 0.3) is 5.91 Å². The van der Waals surface area contributed by atoms with Gasteiger partial charge in [0.1, 0.15) is 5.82 Å². The van der Waals surface area contributed by atoms with Crippen LogP contribution in [0.25, 0.3) is 5.82 Å². The van der Waals surface area contributed by atoms with Crippen LogP contribution in [-0.4, -0.2) is 28.1 Å². The minimum atomic E-state index is -0.0516. The summed E-state index contributed by atoms with van der Waals surface area (Å²) in [5, 5.41) is 3.03. The number of ether oxygens (including phenoxy) is 1. The average Bonchev–Trinajstić information content (AvgIpc) is 3.08. The molecule has 1 unspecified atom stereocenters. The molecule has 1 amide bonds. The van der Waals surface area contributed by atoms with Crippen molar-refractivity contribution >= 4 is 5.91 Å². The summed E-state index contributed by atoms with van der Waals surface area (Å²) in [6.07, 6.45) is 4.38. The summed E-state index contributed by atoms with van der Waals surface area (Å²) in [5.41, 5.74) is 2.82. The number of carbonyl (C=O) groups is 1. The maximum absolute atomic E-state index is 12.4. The Morgan fingerprint density at radius 3 is 2.76 bits per heavy atom. The molecule has 3 heterocycles. The minimum absolute atomic E-state index is 0.0407. The van der Waals surface area contributed by atoms with Crippen LogP contribution in [0, 0.1) is 0 Å². The van der Waals surface area contributed by atoms with Gasteiger partial charge < -0.3 is 14.6 Å². The highest BCUT2D eigenvalue weighted by atomic mass is 16.5. The predicted molar refractivity (Wildman–Crippen MR) is 94.6 cm³/mol. The zero-order valence-electron chi connectivity index (χ0n) is 13.8. The number of rotatable bonds is 5. The van der Waals surface area contributed by atoms with Crippen molar-refractivity contribution in [1.29, 1.82) is 0 Å². The fourth-order valence-electron chi connectivity index (χ4n) is 3.13. The van der Waals surface area contributed by atoms with Gasteiger partial charge in [-0.05, 0) is 23.8 Å². The molecule has 1 aromatic carbocycles. The molecule has 0 fully saturated rings. The molecule has 25 heavy (non-hydrogen) atoms. The van der Waals surface area contributed by atoms with Gasteiger partial charge in [-0.2, -0.15) is 0 Å². The molecule has 1 N–H and O–H groups in total. The first-order chi connectivity index (χ1) is 12.3. The maximum Gasteiger partial charge on any atom is 0.253 e. The summed E-state index contributed by atoms with van der Waals surface area (Å²) in [6.45, 7) is 1.02. The van der Waals surface area contributed by atoms with Gasteiger partial charge in [-0.15, -0.1) is 0 Å². The molecular weight excluding hydrogens is 314 g/mol. The van der Waals surface area contributed by atoms with E-state index >= 15 is 0 Å². The quantitative estimate of drug-likeness (QED) is 0.781. The van der Waals surface area contributed by atoms with E-state index in [1.54, 1.807) is 6.20 Å². The molecule has 0 radical (unpaired) electrons. The molecule has 2 aromatic heterocycles. The smallest absolute Gasteiger partial charge is 0.253 e. The molecule has 126 valence electrons. The van der Waals surface area contributed by atoms with Gasteiger partial charge in [-0.1, -0.05) is 36.4 Å². The summed E-state index contributed by atoms with van der Waals surface area (Å²) in [6, 6.07) is 17.6. The van der Waals surface area contributed by atoms with Crippen molar-refractivity contribution in [1.82, 2.24) is 14.9 Å². The number of nitrogens with one attached hydrogen (secondary N) is 1. The van der Waals surface area contributed by atoms with E-state index in [1.807, 2.05) is 65.4 Å². The van der Waals surface area contributed by atoms with Gasteiger partial charge in [0.15, 0.2) is 0 Å². The highest BCUT2D eigenvalue weighted by Gasteiger charge is 2.27. The molecule has 5 nitrogen and oxygen atoms in total. The summed E-state index contributed by atoms with van der Waals surface area (Å²) in [4.78, 5) is 16.8. The second-order valence-corrected chi connectivity index (χ2v) is 6.11. The van der Waals surface area contributed by atoms with Crippen molar-refractivity contribution in [3.63, 3.8) is 0 Å². The van der Waals surface area contributed by atoms with Crippen LogP contribution in [0.2, 0.25) is 0 Å². The third-order valence-electron chi connectivity index (χ3n) is 4.34. The van der Waals surface area contributed by atoms with E-state index in [2.05, 4.69) is 10.3 Å². The average molecular weight is 333 g/mol. The Bertz CT molecular complexity index is 859.